The summed E-state index contributed by atoms with van der Waals surface area (Å²) in [7, 11) is 0. The van der Waals surface area contributed by atoms with Gasteiger partial charge in [-0.3, -0.25) is 4.79 Å². The van der Waals surface area contributed by atoms with Crippen LogP contribution in [-0.2, 0) is 0 Å². The van der Waals surface area contributed by atoms with E-state index in [2.05, 4.69) is 10.1 Å². The van der Waals surface area contributed by atoms with E-state index in [-0.39, 0.29) is 23.7 Å². The number of carbonyl (C=O) groups is 1. The highest BCUT2D eigenvalue weighted by atomic mass is 19.1. The summed E-state index contributed by atoms with van der Waals surface area (Å²) in [6.45, 7) is 0.0532. The number of halogens is 1. The molecule has 1 aliphatic heterocycles. The summed E-state index contributed by atoms with van der Waals surface area (Å²) in [4.78, 5) is 16.4. The molecule has 2 heterocycles. The number of aromatic nitrogens is 3. The van der Waals surface area contributed by atoms with Crippen LogP contribution in [0.5, 0.6) is 5.75 Å². The fraction of sp³-hybridized carbons (Fsp3) is 0.0556. The predicted octanol–water partition coefficient (Wildman–Crippen LogP) is 3.07. The third-order valence-electron chi connectivity index (χ3n) is 3.79. The summed E-state index contributed by atoms with van der Waals surface area (Å²) in [5, 5.41) is 4.06. The van der Waals surface area contributed by atoms with Gasteiger partial charge in [-0.05, 0) is 35.9 Å². The van der Waals surface area contributed by atoms with Crippen molar-refractivity contribution in [3.63, 3.8) is 0 Å². The normalized spacial score (nSPS) is 15.2. The molecule has 1 aliphatic rings. The predicted molar refractivity (Wildman–Crippen MR) is 85.6 cm³/mol. The van der Waals surface area contributed by atoms with Crippen LogP contribution in [0.3, 0.4) is 0 Å². The molecule has 2 aromatic carbocycles. The van der Waals surface area contributed by atoms with Crippen LogP contribution in [0.15, 0.2) is 60.7 Å². The summed E-state index contributed by atoms with van der Waals surface area (Å²) in [5.41, 5.74) is 2.47. The Balaban J connectivity index is 1.63. The van der Waals surface area contributed by atoms with E-state index in [1.54, 1.807) is 23.2 Å². The highest BCUT2D eigenvalue weighted by molar-refractivity contribution is 6.14. The number of hydrogen-bond donors (Lipinski definition) is 0. The van der Waals surface area contributed by atoms with Crippen molar-refractivity contribution in [1.82, 2.24) is 14.8 Å². The number of Topliss-reactive ketones (excluding diaryl/α,β-unsaturated/α-hetero) is 1. The van der Waals surface area contributed by atoms with Crippen molar-refractivity contribution in [3.05, 3.63) is 77.6 Å². The van der Waals surface area contributed by atoms with Crippen LogP contribution in [-0.4, -0.2) is 27.2 Å². The third kappa shape index (κ3) is 2.48. The van der Waals surface area contributed by atoms with Gasteiger partial charge in [0.15, 0.2) is 17.3 Å². The number of fused-ring (bicyclic) bond motifs is 1. The lowest BCUT2D eigenvalue weighted by molar-refractivity contribution is 0.0998. The number of ether oxygens (including phenoxy) is 1. The van der Waals surface area contributed by atoms with Crippen molar-refractivity contribution in [3.8, 4) is 11.4 Å². The Kier molecular flexibility index (Phi) is 3.42. The number of hydrogen-bond acceptors (Lipinski definition) is 4. The van der Waals surface area contributed by atoms with E-state index in [1.807, 2.05) is 24.3 Å². The first kappa shape index (κ1) is 14.3. The third-order valence-corrected chi connectivity index (χ3v) is 3.79. The van der Waals surface area contributed by atoms with Gasteiger partial charge in [0.1, 0.15) is 19.3 Å². The molecule has 0 saturated heterocycles. The fourth-order valence-electron chi connectivity index (χ4n) is 2.60. The SMILES string of the molecule is O=C1/C(=C/c2ccc(-n3cncn3)cc2)COc2c(F)cccc21. The number of nitrogens with zero attached hydrogens (tertiary/aromatic N) is 3. The highest BCUT2D eigenvalue weighted by Crippen LogP contribution is 2.30. The van der Waals surface area contributed by atoms with E-state index >= 15 is 0 Å². The van der Waals surface area contributed by atoms with Crippen LogP contribution >= 0.6 is 0 Å². The molecule has 6 heteroatoms. The maximum absolute atomic E-state index is 13.7. The van der Waals surface area contributed by atoms with E-state index < -0.39 is 5.82 Å². The van der Waals surface area contributed by atoms with Gasteiger partial charge >= 0.3 is 0 Å². The number of benzene rings is 2. The lowest BCUT2D eigenvalue weighted by Crippen LogP contribution is -2.19. The van der Waals surface area contributed by atoms with Crippen molar-refractivity contribution in [1.29, 1.82) is 0 Å². The zero-order valence-electron chi connectivity index (χ0n) is 12.5. The first-order chi connectivity index (χ1) is 11.7. The Hall–Kier alpha value is -3.28. The van der Waals surface area contributed by atoms with E-state index in [4.69, 9.17) is 4.74 Å². The van der Waals surface area contributed by atoms with Crippen molar-refractivity contribution >= 4 is 11.9 Å². The molecular weight excluding hydrogens is 309 g/mol. The van der Waals surface area contributed by atoms with Gasteiger partial charge in [-0.15, -0.1) is 0 Å². The van der Waals surface area contributed by atoms with Gasteiger partial charge in [0.25, 0.3) is 0 Å². The van der Waals surface area contributed by atoms with E-state index in [0.29, 0.717) is 5.57 Å². The summed E-state index contributed by atoms with van der Waals surface area (Å²) in [6.07, 6.45) is 4.82. The second-order valence-electron chi connectivity index (χ2n) is 5.34. The summed E-state index contributed by atoms with van der Waals surface area (Å²) >= 11 is 0. The van der Waals surface area contributed by atoms with Crippen LogP contribution in [0.4, 0.5) is 4.39 Å². The monoisotopic (exact) mass is 321 g/mol. The van der Waals surface area contributed by atoms with Crippen molar-refractivity contribution < 1.29 is 13.9 Å². The molecule has 0 fully saturated rings. The molecule has 4 rings (SSSR count). The zero-order valence-corrected chi connectivity index (χ0v) is 12.5. The molecule has 118 valence electrons. The molecule has 0 saturated carbocycles. The van der Waals surface area contributed by atoms with Gasteiger partial charge in [-0.2, -0.15) is 5.10 Å². The second-order valence-corrected chi connectivity index (χ2v) is 5.34. The Morgan fingerprint density at radius 3 is 2.75 bits per heavy atom. The van der Waals surface area contributed by atoms with Crippen LogP contribution in [0, 0.1) is 5.82 Å². The molecule has 24 heavy (non-hydrogen) atoms. The highest BCUT2D eigenvalue weighted by Gasteiger charge is 2.25. The van der Waals surface area contributed by atoms with Crippen LogP contribution in [0.2, 0.25) is 0 Å². The van der Waals surface area contributed by atoms with Crippen LogP contribution in [0.25, 0.3) is 11.8 Å². The minimum atomic E-state index is -0.517. The lowest BCUT2D eigenvalue weighted by atomic mass is 9.98. The minimum Gasteiger partial charge on any atom is -0.485 e. The molecule has 0 unspecified atom stereocenters. The van der Waals surface area contributed by atoms with Crippen LogP contribution in [0.1, 0.15) is 15.9 Å². The summed E-state index contributed by atoms with van der Waals surface area (Å²) in [5.74, 6) is -0.700. The average Bonchev–Trinajstić information content (AvgIpc) is 3.13. The first-order valence-corrected chi connectivity index (χ1v) is 7.34. The molecule has 1 aromatic heterocycles. The molecule has 5 nitrogen and oxygen atoms in total. The molecule has 0 radical (unpaired) electrons. The van der Waals surface area contributed by atoms with Gasteiger partial charge in [-0.25, -0.2) is 14.1 Å². The number of rotatable bonds is 2. The zero-order chi connectivity index (χ0) is 16.5. The largest absolute Gasteiger partial charge is 0.485 e. The molecule has 0 aliphatic carbocycles. The summed E-state index contributed by atoms with van der Waals surface area (Å²) < 4.78 is 20.7. The van der Waals surface area contributed by atoms with E-state index in [9.17, 15) is 9.18 Å². The standard InChI is InChI=1S/C18H12FN3O2/c19-16-3-1-2-15-17(23)13(9-24-18(15)16)8-12-4-6-14(7-5-12)22-11-20-10-21-22/h1-8,10-11H,9H2/b13-8+. The maximum Gasteiger partial charge on any atom is 0.196 e. The Labute approximate surface area is 137 Å². The van der Waals surface area contributed by atoms with Crippen molar-refractivity contribution in [2.45, 2.75) is 0 Å². The fourth-order valence-corrected chi connectivity index (χ4v) is 2.60. The molecule has 0 atom stereocenters. The second kappa shape index (κ2) is 5.73. The van der Waals surface area contributed by atoms with Gasteiger partial charge < -0.3 is 4.74 Å². The Morgan fingerprint density at radius 1 is 1.17 bits per heavy atom. The quantitative estimate of drug-likeness (QED) is 0.681. The van der Waals surface area contributed by atoms with E-state index in [0.717, 1.165) is 11.3 Å². The molecular formula is C18H12FN3O2. The molecule has 3 aromatic rings. The van der Waals surface area contributed by atoms with Crippen molar-refractivity contribution in [2.75, 3.05) is 6.61 Å². The first-order valence-electron chi connectivity index (χ1n) is 7.34. The Morgan fingerprint density at radius 2 is 2.00 bits per heavy atom. The topological polar surface area (TPSA) is 57.0 Å². The van der Waals surface area contributed by atoms with Crippen molar-refractivity contribution in [2.24, 2.45) is 0 Å². The van der Waals surface area contributed by atoms with Crippen LogP contribution < -0.4 is 4.74 Å². The summed E-state index contributed by atoms with van der Waals surface area (Å²) in [6, 6.07) is 11.9. The molecule has 0 amide bonds. The smallest absolute Gasteiger partial charge is 0.196 e. The number of carbonyl (C=O) groups excluding carboxylic acids is 1. The van der Waals surface area contributed by atoms with Gasteiger partial charge in [0.2, 0.25) is 0 Å². The molecule has 0 spiro atoms. The van der Waals surface area contributed by atoms with Gasteiger partial charge in [-0.1, -0.05) is 18.2 Å². The van der Waals surface area contributed by atoms with Gasteiger partial charge in [0, 0.05) is 5.57 Å². The molecule has 0 bridgehead atoms. The number of ketones is 1. The number of para-hydroxylation sites is 1. The van der Waals surface area contributed by atoms with E-state index in [1.165, 1.54) is 18.5 Å². The van der Waals surface area contributed by atoms with Gasteiger partial charge in [0.05, 0.1) is 11.3 Å². The lowest BCUT2D eigenvalue weighted by Gasteiger charge is -2.19. The average molecular weight is 321 g/mol. The maximum atomic E-state index is 13.7. The Bertz CT molecular complexity index is 931. The molecule has 0 N–H and O–H groups in total. The minimum absolute atomic E-state index is 0.0289.